The Labute approximate surface area is 187 Å². The first kappa shape index (κ1) is 29.2. The summed E-state index contributed by atoms with van der Waals surface area (Å²) < 4.78 is 0. The Balaban J connectivity index is 0.00000841. The Hall–Kier alpha value is -0.835. The summed E-state index contributed by atoms with van der Waals surface area (Å²) in [6.07, 6.45) is 26.4. The molecule has 1 aromatic carbocycles. The highest BCUT2D eigenvalue weighted by molar-refractivity contribution is 6.56. The lowest BCUT2D eigenvalue weighted by atomic mass is 9.80. The number of hydrogen-bond donors (Lipinski definition) is 2. The molecular formula is C26H50BNO2. The van der Waals surface area contributed by atoms with Crippen molar-refractivity contribution in [2.45, 2.75) is 129 Å². The van der Waals surface area contributed by atoms with E-state index in [9.17, 15) is 5.02 Å². The average Bonchev–Trinajstić information content (AvgIpc) is 2.73. The second-order valence-corrected chi connectivity index (χ2v) is 8.85. The minimum atomic E-state index is -1.60. The van der Waals surface area contributed by atoms with Gasteiger partial charge in [-0.15, -0.1) is 0 Å². The van der Waals surface area contributed by atoms with Crippen LogP contribution in [0, 0.1) is 0 Å². The molecule has 0 saturated carbocycles. The highest BCUT2D eigenvalue weighted by Gasteiger charge is 1.99. The highest BCUT2D eigenvalue weighted by atomic mass is 16.4. The van der Waals surface area contributed by atoms with Gasteiger partial charge in [-0.3, -0.25) is 0 Å². The van der Waals surface area contributed by atoms with Crippen LogP contribution in [0.25, 0.3) is 0 Å². The second-order valence-electron chi connectivity index (χ2n) is 8.85. The number of hydrogen-bond acceptors (Lipinski definition) is 2. The van der Waals surface area contributed by atoms with E-state index >= 15 is 0 Å². The van der Waals surface area contributed by atoms with Crippen molar-refractivity contribution in [1.82, 2.24) is 6.15 Å². The average molecular weight is 420 g/mol. The van der Waals surface area contributed by atoms with Gasteiger partial charge < -0.3 is 16.2 Å². The summed E-state index contributed by atoms with van der Waals surface area (Å²) in [7, 11) is -1.60. The van der Waals surface area contributed by atoms with Crippen molar-refractivity contribution in [3.63, 3.8) is 0 Å². The van der Waals surface area contributed by atoms with E-state index in [2.05, 4.69) is 6.92 Å². The normalized spacial score (nSPS) is 10.8. The van der Waals surface area contributed by atoms with E-state index in [0.29, 0.717) is 5.46 Å². The van der Waals surface area contributed by atoms with Gasteiger partial charge in [-0.1, -0.05) is 146 Å². The van der Waals surface area contributed by atoms with Gasteiger partial charge in [0.25, 0.3) is 0 Å². The van der Waals surface area contributed by atoms with Crippen molar-refractivity contribution in [3.05, 3.63) is 29.8 Å². The van der Waals surface area contributed by atoms with E-state index in [4.69, 9.17) is 5.02 Å². The Morgan fingerprint density at radius 2 is 0.933 bits per heavy atom. The monoisotopic (exact) mass is 419 g/mol. The number of quaternary nitrogens is 1. The summed E-state index contributed by atoms with van der Waals surface area (Å²) in [4.78, 5) is 0. The zero-order chi connectivity index (χ0) is 21.0. The summed E-state index contributed by atoms with van der Waals surface area (Å²) in [6, 6.07) is 7.46. The zero-order valence-electron chi connectivity index (χ0n) is 20.2. The number of benzene rings is 1. The SMILES string of the molecule is CCCCCCCCCCCCCCCCCCCCc1ccc(B([O-])O)cc1.[NH4+]. The van der Waals surface area contributed by atoms with E-state index in [-0.39, 0.29) is 6.15 Å². The molecule has 0 fully saturated rings. The van der Waals surface area contributed by atoms with E-state index < -0.39 is 7.12 Å². The fourth-order valence-electron chi connectivity index (χ4n) is 4.08. The third-order valence-corrected chi connectivity index (χ3v) is 6.08. The van der Waals surface area contributed by atoms with Gasteiger partial charge in [0.05, 0.1) is 0 Å². The van der Waals surface area contributed by atoms with Gasteiger partial charge >= 0.3 is 0 Å². The van der Waals surface area contributed by atoms with E-state index in [1.807, 2.05) is 12.1 Å². The van der Waals surface area contributed by atoms with Crippen molar-refractivity contribution in [1.29, 1.82) is 0 Å². The molecule has 1 rings (SSSR count). The summed E-state index contributed by atoms with van der Waals surface area (Å²) in [5.41, 5.74) is 1.73. The summed E-state index contributed by atoms with van der Waals surface area (Å²) >= 11 is 0. The standard InChI is InChI=1S/C26H46BO2.H3N/c1-2-3-4-5-6-7-8-9-10-11-12-13-14-15-16-17-18-19-20-25-21-23-26(24-22-25)27(28)29;/h21-24,28H,2-20H2,1H3;1H3/q-1;/p+1. The molecule has 0 bridgehead atoms. The van der Waals surface area contributed by atoms with Gasteiger partial charge in [-0.05, 0) is 18.4 Å². The van der Waals surface area contributed by atoms with Gasteiger partial charge in [-0.25, -0.2) is 0 Å². The number of unbranched alkanes of at least 4 members (excludes halogenated alkanes) is 17. The molecule has 0 radical (unpaired) electrons. The van der Waals surface area contributed by atoms with Crippen LogP contribution in [0.15, 0.2) is 24.3 Å². The van der Waals surface area contributed by atoms with Crippen LogP contribution in [-0.4, -0.2) is 12.1 Å². The molecule has 0 spiro atoms. The van der Waals surface area contributed by atoms with Crippen LogP contribution in [0.1, 0.15) is 128 Å². The molecule has 3 nitrogen and oxygen atoms in total. The van der Waals surface area contributed by atoms with Crippen LogP contribution >= 0.6 is 0 Å². The quantitative estimate of drug-likeness (QED) is 0.182. The number of aryl methyl sites for hydroxylation is 1. The van der Waals surface area contributed by atoms with Gasteiger partial charge in [0.1, 0.15) is 0 Å². The first-order valence-electron chi connectivity index (χ1n) is 12.7. The van der Waals surface area contributed by atoms with Crippen LogP contribution in [0.2, 0.25) is 0 Å². The molecule has 5 N–H and O–H groups in total. The van der Waals surface area contributed by atoms with E-state index in [1.54, 1.807) is 12.1 Å². The van der Waals surface area contributed by atoms with Crippen molar-refractivity contribution in [2.75, 3.05) is 0 Å². The molecule has 0 heterocycles. The van der Waals surface area contributed by atoms with Gasteiger partial charge in [0.2, 0.25) is 7.12 Å². The molecule has 4 heteroatoms. The maximum atomic E-state index is 10.9. The van der Waals surface area contributed by atoms with Gasteiger partial charge in [-0.2, -0.15) is 0 Å². The molecule has 0 amide bonds. The summed E-state index contributed by atoms with van der Waals surface area (Å²) in [5.74, 6) is 0. The Morgan fingerprint density at radius 1 is 0.600 bits per heavy atom. The van der Waals surface area contributed by atoms with Crippen molar-refractivity contribution >= 4 is 12.6 Å². The second kappa shape index (κ2) is 21.4. The molecule has 0 unspecified atom stereocenters. The minimum Gasteiger partial charge on any atom is -0.853 e. The van der Waals surface area contributed by atoms with Crippen molar-refractivity contribution in [2.24, 2.45) is 0 Å². The fourth-order valence-corrected chi connectivity index (χ4v) is 4.08. The number of rotatable bonds is 20. The largest absolute Gasteiger partial charge is 0.853 e. The minimum absolute atomic E-state index is 0. The highest BCUT2D eigenvalue weighted by Crippen LogP contribution is 2.14. The molecule has 0 aliphatic heterocycles. The predicted molar refractivity (Wildman–Crippen MR) is 133 cm³/mol. The zero-order valence-corrected chi connectivity index (χ0v) is 20.2. The summed E-state index contributed by atoms with van der Waals surface area (Å²) in [6.45, 7) is 2.29. The van der Waals surface area contributed by atoms with Crippen LogP contribution in [0.3, 0.4) is 0 Å². The Morgan fingerprint density at radius 3 is 1.27 bits per heavy atom. The Kier molecular flexibility index (Phi) is 20.8. The molecule has 1 aromatic rings. The van der Waals surface area contributed by atoms with Crippen LogP contribution in [0.5, 0.6) is 0 Å². The molecular weight excluding hydrogens is 369 g/mol. The van der Waals surface area contributed by atoms with Crippen LogP contribution in [0.4, 0.5) is 0 Å². The topological polar surface area (TPSA) is 79.8 Å². The molecule has 0 atom stereocenters. The van der Waals surface area contributed by atoms with E-state index in [0.717, 1.165) is 6.42 Å². The predicted octanol–water partition coefficient (Wildman–Crippen LogP) is 6.69. The smallest absolute Gasteiger partial charge is 0.212 e. The van der Waals surface area contributed by atoms with E-state index in [1.165, 1.54) is 121 Å². The van der Waals surface area contributed by atoms with Crippen LogP contribution < -0.4 is 16.6 Å². The first-order valence-corrected chi connectivity index (χ1v) is 12.7. The van der Waals surface area contributed by atoms with Gasteiger partial charge in [0, 0.05) is 0 Å². The van der Waals surface area contributed by atoms with Crippen LogP contribution in [-0.2, 0) is 6.42 Å². The molecule has 0 saturated heterocycles. The van der Waals surface area contributed by atoms with Crippen molar-refractivity contribution in [3.8, 4) is 0 Å². The lowest BCUT2D eigenvalue weighted by molar-refractivity contribution is -0.211. The third kappa shape index (κ3) is 16.9. The first-order chi connectivity index (χ1) is 14.2. The third-order valence-electron chi connectivity index (χ3n) is 6.08. The maximum absolute atomic E-state index is 10.9. The molecule has 0 aromatic heterocycles. The molecule has 174 valence electrons. The summed E-state index contributed by atoms with van der Waals surface area (Å²) in [5, 5.41) is 19.9. The molecule has 0 aliphatic rings. The van der Waals surface area contributed by atoms with Gasteiger partial charge in [0.15, 0.2) is 0 Å². The van der Waals surface area contributed by atoms with Crippen molar-refractivity contribution < 1.29 is 10.0 Å². The fraction of sp³-hybridized carbons (Fsp3) is 0.769. The molecule has 30 heavy (non-hydrogen) atoms. The Bertz CT molecular complexity index is 465. The lowest BCUT2D eigenvalue weighted by Crippen LogP contribution is -2.43. The molecule has 0 aliphatic carbocycles. The maximum Gasteiger partial charge on any atom is 0.212 e. The lowest BCUT2D eigenvalue weighted by Gasteiger charge is -2.11.